The average molecular weight is 445 g/mol. The number of ether oxygens (including phenoxy) is 2. The number of allylic oxidation sites excluding steroid dienone is 2. The molecule has 0 aliphatic rings. The Bertz CT molecular complexity index is 1010. The Hall–Kier alpha value is -3.86. The number of benzene rings is 2. The number of hydrogen-bond acceptors (Lipinski definition) is 5. The van der Waals surface area contributed by atoms with Crippen LogP contribution < -0.4 is 9.47 Å². The zero-order valence-electron chi connectivity index (χ0n) is 19.0. The summed E-state index contributed by atoms with van der Waals surface area (Å²) in [4.78, 5) is 23.6. The van der Waals surface area contributed by atoms with Crippen molar-refractivity contribution in [2.24, 2.45) is 0 Å². The number of furan rings is 1. The molecule has 170 valence electrons. The van der Waals surface area contributed by atoms with Gasteiger partial charge < -0.3 is 13.9 Å². The molecular formula is C28H28O5. The quantitative estimate of drug-likeness (QED) is 0.189. The lowest BCUT2D eigenvalue weighted by Crippen LogP contribution is -2.03. The predicted molar refractivity (Wildman–Crippen MR) is 129 cm³/mol. The molecule has 0 unspecified atom stereocenters. The van der Waals surface area contributed by atoms with Gasteiger partial charge in [-0.25, -0.2) is 9.59 Å². The van der Waals surface area contributed by atoms with Gasteiger partial charge in [0.1, 0.15) is 23.0 Å². The molecule has 0 aliphatic heterocycles. The van der Waals surface area contributed by atoms with Crippen molar-refractivity contribution in [3.63, 3.8) is 0 Å². The predicted octanol–water partition coefficient (Wildman–Crippen LogP) is 7.14. The minimum Gasteiger partial charge on any atom is -0.456 e. The molecule has 0 fully saturated rings. The first-order chi connectivity index (χ1) is 16.1. The van der Waals surface area contributed by atoms with Crippen LogP contribution in [0.4, 0.5) is 0 Å². The van der Waals surface area contributed by atoms with E-state index in [0.29, 0.717) is 23.0 Å². The average Bonchev–Trinajstić information content (AvgIpc) is 3.31. The van der Waals surface area contributed by atoms with Crippen molar-refractivity contribution in [3.8, 4) is 34.1 Å². The van der Waals surface area contributed by atoms with Crippen LogP contribution in [0.3, 0.4) is 0 Å². The van der Waals surface area contributed by atoms with Crippen molar-refractivity contribution >= 4 is 11.9 Å². The Morgan fingerprint density at radius 1 is 0.667 bits per heavy atom. The normalized spacial score (nSPS) is 11.2. The standard InChI is InChI=1S/C28H28O5/c1-3-5-7-9-27(29)31-23-15-11-21(12-16-23)25-19-20-26(33-25)22-13-17-24(18-14-22)32-28(30)10-8-6-4-2/h7-20H,3-6H2,1-2H3/b9-7+,10-8+. The van der Waals surface area contributed by atoms with Crippen molar-refractivity contribution in [3.05, 3.63) is 85.0 Å². The zero-order chi connectivity index (χ0) is 23.5. The van der Waals surface area contributed by atoms with Crippen molar-refractivity contribution in [2.45, 2.75) is 39.5 Å². The van der Waals surface area contributed by atoms with E-state index in [4.69, 9.17) is 13.9 Å². The fourth-order valence-corrected chi connectivity index (χ4v) is 3.02. The maximum absolute atomic E-state index is 11.8. The molecule has 33 heavy (non-hydrogen) atoms. The molecular weight excluding hydrogens is 416 g/mol. The smallest absolute Gasteiger partial charge is 0.335 e. The Morgan fingerprint density at radius 3 is 1.42 bits per heavy atom. The van der Waals surface area contributed by atoms with Crippen LogP contribution in [-0.4, -0.2) is 11.9 Å². The van der Waals surface area contributed by atoms with Crippen LogP contribution in [0, 0.1) is 0 Å². The van der Waals surface area contributed by atoms with Crippen LogP contribution in [-0.2, 0) is 9.59 Å². The van der Waals surface area contributed by atoms with Gasteiger partial charge >= 0.3 is 11.9 Å². The number of carbonyl (C=O) groups is 2. The molecule has 2 aromatic carbocycles. The van der Waals surface area contributed by atoms with Gasteiger partial charge in [-0.1, -0.05) is 38.8 Å². The molecule has 1 aromatic heterocycles. The van der Waals surface area contributed by atoms with Crippen LogP contribution in [0.1, 0.15) is 39.5 Å². The second-order valence-electron chi connectivity index (χ2n) is 7.44. The van der Waals surface area contributed by atoms with E-state index in [1.165, 1.54) is 12.2 Å². The largest absolute Gasteiger partial charge is 0.456 e. The molecule has 0 spiro atoms. The van der Waals surface area contributed by atoms with Crippen LogP contribution in [0.15, 0.2) is 89.4 Å². The Morgan fingerprint density at radius 2 is 1.06 bits per heavy atom. The molecule has 5 heteroatoms. The molecule has 0 radical (unpaired) electrons. The fraction of sp³-hybridized carbons (Fsp3) is 0.214. The second kappa shape index (κ2) is 12.2. The highest BCUT2D eigenvalue weighted by molar-refractivity contribution is 5.84. The number of rotatable bonds is 10. The van der Waals surface area contributed by atoms with Crippen molar-refractivity contribution in [1.82, 2.24) is 0 Å². The van der Waals surface area contributed by atoms with E-state index in [-0.39, 0.29) is 11.9 Å². The van der Waals surface area contributed by atoms with Crippen LogP contribution >= 0.6 is 0 Å². The van der Waals surface area contributed by atoms with Gasteiger partial charge in [0.05, 0.1) is 0 Å². The summed E-state index contributed by atoms with van der Waals surface area (Å²) in [6.45, 7) is 4.10. The highest BCUT2D eigenvalue weighted by atomic mass is 16.5. The lowest BCUT2D eigenvalue weighted by Gasteiger charge is -2.04. The van der Waals surface area contributed by atoms with Crippen LogP contribution in [0.2, 0.25) is 0 Å². The Balaban J connectivity index is 1.61. The lowest BCUT2D eigenvalue weighted by atomic mass is 10.1. The number of hydrogen-bond donors (Lipinski definition) is 0. The summed E-state index contributed by atoms with van der Waals surface area (Å²) in [6.07, 6.45) is 10.2. The summed E-state index contributed by atoms with van der Waals surface area (Å²) in [5, 5.41) is 0. The monoisotopic (exact) mass is 444 g/mol. The van der Waals surface area contributed by atoms with Crippen molar-refractivity contribution in [2.75, 3.05) is 0 Å². The molecule has 3 aromatic rings. The number of carbonyl (C=O) groups excluding carboxylic acids is 2. The third kappa shape index (κ3) is 7.35. The molecule has 0 bridgehead atoms. The van der Waals surface area contributed by atoms with Crippen molar-refractivity contribution in [1.29, 1.82) is 0 Å². The minimum atomic E-state index is -0.386. The van der Waals surface area contributed by atoms with E-state index < -0.39 is 0 Å². The van der Waals surface area contributed by atoms with Gasteiger partial charge in [0, 0.05) is 23.3 Å². The number of esters is 2. The van der Waals surface area contributed by atoms with E-state index in [0.717, 1.165) is 36.8 Å². The Labute approximate surface area is 194 Å². The summed E-state index contributed by atoms with van der Waals surface area (Å²) in [5.41, 5.74) is 1.74. The van der Waals surface area contributed by atoms with Gasteiger partial charge in [-0.05, 0) is 73.5 Å². The molecule has 0 saturated heterocycles. The zero-order valence-corrected chi connectivity index (χ0v) is 19.0. The van der Waals surface area contributed by atoms with Gasteiger partial charge in [-0.3, -0.25) is 0 Å². The molecule has 0 N–H and O–H groups in total. The number of unbranched alkanes of at least 4 members (excludes halogenated alkanes) is 2. The topological polar surface area (TPSA) is 65.7 Å². The maximum Gasteiger partial charge on any atom is 0.335 e. The molecule has 0 amide bonds. The lowest BCUT2D eigenvalue weighted by molar-refractivity contribution is -0.129. The van der Waals surface area contributed by atoms with Gasteiger partial charge in [0.25, 0.3) is 0 Å². The summed E-state index contributed by atoms with van der Waals surface area (Å²) in [6, 6.07) is 18.1. The molecule has 5 nitrogen and oxygen atoms in total. The van der Waals surface area contributed by atoms with Gasteiger partial charge in [-0.2, -0.15) is 0 Å². The summed E-state index contributed by atoms with van der Waals surface area (Å²) in [7, 11) is 0. The Kier molecular flexibility index (Phi) is 8.83. The van der Waals surface area contributed by atoms with E-state index >= 15 is 0 Å². The first kappa shape index (κ1) is 23.8. The first-order valence-corrected chi connectivity index (χ1v) is 11.2. The first-order valence-electron chi connectivity index (χ1n) is 11.2. The van der Waals surface area contributed by atoms with Crippen LogP contribution in [0.5, 0.6) is 11.5 Å². The highest BCUT2D eigenvalue weighted by Crippen LogP contribution is 2.30. The summed E-state index contributed by atoms with van der Waals surface area (Å²) >= 11 is 0. The van der Waals surface area contributed by atoms with E-state index in [9.17, 15) is 9.59 Å². The van der Waals surface area contributed by atoms with Gasteiger partial charge in [0.15, 0.2) is 0 Å². The molecule has 0 aliphatic carbocycles. The SMILES string of the molecule is CCC/C=C/C(=O)Oc1ccc(-c2ccc(-c3ccc(OC(=O)/C=C/CCC)cc3)o2)cc1. The molecule has 1 heterocycles. The maximum atomic E-state index is 11.8. The molecule has 0 atom stereocenters. The molecule has 3 rings (SSSR count). The highest BCUT2D eigenvalue weighted by Gasteiger charge is 2.09. The third-order valence-corrected chi connectivity index (χ3v) is 4.74. The van der Waals surface area contributed by atoms with Crippen LogP contribution in [0.25, 0.3) is 22.6 Å². The van der Waals surface area contributed by atoms with Gasteiger partial charge in [0.2, 0.25) is 0 Å². The summed E-state index contributed by atoms with van der Waals surface area (Å²) in [5.74, 6) is 1.58. The fourth-order valence-electron chi connectivity index (χ4n) is 3.02. The van der Waals surface area contributed by atoms with E-state index in [1.54, 1.807) is 24.3 Å². The molecule has 0 saturated carbocycles. The summed E-state index contributed by atoms with van der Waals surface area (Å²) < 4.78 is 16.6. The van der Waals surface area contributed by atoms with Gasteiger partial charge in [-0.15, -0.1) is 0 Å². The van der Waals surface area contributed by atoms with Crippen molar-refractivity contribution < 1.29 is 23.5 Å². The van der Waals surface area contributed by atoms with E-state index in [1.807, 2.05) is 62.4 Å². The third-order valence-electron chi connectivity index (χ3n) is 4.74. The minimum absolute atomic E-state index is 0.386. The second-order valence-corrected chi connectivity index (χ2v) is 7.44. The van der Waals surface area contributed by atoms with E-state index in [2.05, 4.69) is 0 Å².